The van der Waals surface area contributed by atoms with Crippen molar-refractivity contribution in [3.8, 4) is 11.8 Å². The van der Waals surface area contributed by atoms with Crippen molar-refractivity contribution in [3.63, 3.8) is 0 Å². The number of benzene rings is 1. The lowest BCUT2D eigenvalue weighted by Crippen LogP contribution is -2.13. The van der Waals surface area contributed by atoms with E-state index in [-0.39, 0.29) is 11.9 Å². The Morgan fingerprint density at radius 3 is 2.61 bits per heavy atom. The first-order valence-corrected chi connectivity index (χ1v) is 7.10. The van der Waals surface area contributed by atoms with Crippen molar-refractivity contribution < 1.29 is 9.53 Å². The van der Waals surface area contributed by atoms with Gasteiger partial charge >= 0.3 is 6.01 Å². The summed E-state index contributed by atoms with van der Waals surface area (Å²) in [7, 11) is 0. The molecule has 1 aromatic carbocycles. The molecule has 116 valence electrons. The average Bonchev–Trinajstić information content (AvgIpc) is 3.09. The van der Waals surface area contributed by atoms with Gasteiger partial charge < -0.3 is 14.6 Å². The second-order valence-electron chi connectivity index (χ2n) is 4.76. The fraction of sp³-hybridized carbons (Fsp3) is 0.125. The minimum absolute atomic E-state index is 0.0567. The lowest BCUT2D eigenvalue weighted by Gasteiger charge is -2.07. The van der Waals surface area contributed by atoms with Gasteiger partial charge in [-0.15, -0.1) is 0 Å². The maximum Gasteiger partial charge on any atom is 0.321 e. The van der Waals surface area contributed by atoms with E-state index in [2.05, 4.69) is 20.3 Å². The number of aryl methyl sites for hydroxylation is 1. The number of nitrogens with zero attached hydrogens (tertiary/aromatic N) is 4. The van der Waals surface area contributed by atoms with Gasteiger partial charge in [-0.2, -0.15) is 0 Å². The summed E-state index contributed by atoms with van der Waals surface area (Å²) in [6, 6.07) is 9.05. The van der Waals surface area contributed by atoms with Crippen molar-refractivity contribution in [2.45, 2.75) is 13.0 Å². The fourth-order valence-electron chi connectivity index (χ4n) is 1.92. The molecule has 0 fully saturated rings. The molecule has 1 N–H and O–H groups in total. The maximum atomic E-state index is 11.9. The van der Waals surface area contributed by atoms with Crippen molar-refractivity contribution in [2.24, 2.45) is 0 Å². The molecule has 23 heavy (non-hydrogen) atoms. The number of imidazole rings is 1. The molecule has 0 aliphatic heterocycles. The predicted molar refractivity (Wildman–Crippen MR) is 84.0 cm³/mol. The van der Waals surface area contributed by atoms with Gasteiger partial charge in [0.1, 0.15) is 5.75 Å². The van der Waals surface area contributed by atoms with E-state index in [1.54, 1.807) is 55.2 Å². The van der Waals surface area contributed by atoms with E-state index in [1.165, 1.54) is 0 Å². The lowest BCUT2D eigenvalue weighted by atomic mass is 10.3. The number of aromatic nitrogens is 4. The van der Waals surface area contributed by atoms with Gasteiger partial charge in [0.15, 0.2) is 0 Å². The monoisotopic (exact) mass is 309 g/mol. The molecular weight excluding hydrogens is 294 g/mol. The summed E-state index contributed by atoms with van der Waals surface area (Å²) in [6.07, 6.45) is 8.80. The third-order valence-corrected chi connectivity index (χ3v) is 3.05. The molecule has 0 atom stereocenters. The summed E-state index contributed by atoms with van der Waals surface area (Å²) < 4.78 is 7.35. The molecule has 0 radical (unpaired) electrons. The smallest absolute Gasteiger partial charge is 0.321 e. The largest absolute Gasteiger partial charge is 0.424 e. The number of ether oxygens (including phenoxy) is 1. The van der Waals surface area contributed by atoms with E-state index < -0.39 is 0 Å². The van der Waals surface area contributed by atoms with Crippen LogP contribution in [0.1, 0.15) is 6.42 Å². The van der Waals surface area contributed by atoms with E-state index in [4.69, 9.17) is 4.74 Å². The normalized spacial score (nSPS) is 10.3. The summed E-state index contributed by atoms with van der Waals surface area (Å²) in [6.45, 7) is 0.596. The summed E-state index contributed by atoms with van der Waals surface area (Å²) >= 11 is 0. The number of nitrogens with one attached hydrogen (secondary N) is 1. The summed E-state index contributed by atoms with van der Waals surface area (Å²) in [4.78, 5) is 23.8. The third-order valence-electron chi connectivity index (χ3n) is 3.05. The minimum atomic E-state index is -0.0567. The van der Waals surface area contributed by atoms with Crippen LogP contribution in [-0.4, -0.2) is 25.4 Å². The molecule has 1 amide bonds. The van der Waals surface area contributed by atoms with Crippen molar-refractivity contribution in [1.82, 2.24) is 19.5 Å². The molecule has 2 heterocycles. The van der Waals surface area contributed by atoms with Crippen LogP contribution in [0.5, 0.6) is 11.8 Å². The Bertz CT molecular complexity index is 742. The van der Waals surface area contributed by atoms with Crippen LogP contribution in [0.3, 0.4) is 0 Å². The topological polar surface area (TPSA) is 81.9 Å². The standard InChI is InChI=1S/C16H15N5O2/c22-15(6-10-21-11-9-17-12-21)20-13-2-4-14(5-3-13)23-16-18-7-1-8-19-16/h1-5,7-9,11-12H,6,10H2,(H,20,22). The Balaban J connectivity index is 1.51. The van der Waals surface area contributed by atoms with E-state index in [0.717, 1.165) is 0 Å². The van der Waals surface area contributed by atoms with Crippen LogP contribution in [0.15, 0.2) is 61.4 Å². The van der Waals surface area contributed by atoms with Gasteiger partial charge in [-0.3, -0.25) is 4.79 Å². The molecule has 7 nitrogen and oxygen atoms in total. The second-order valence-corrected chi connectivity index (χ2v) is 4.76. The van der Waals surface area contributed by atoms with Gasteiger partial charge in [-0.05, 0) is 30.3 Å². The van der Waals surface area contributed by atoms with Gasteiger partial charge in [0.05, 0.1) is 6.33 Å². The first kappa shape index (κ1) is 14.7. The SMILES string of the molecule is O=C(CCn1ccnc1)Nc1ccc(Oc2ncccn2)cc1. The fourth-order valence-corrected chi connectivity index (χ4v) is 1.92. The number of amides is 1. The summed E-state index contributed by atoms with van der Waals surface area (Å²) in [5, 5.41) is 2.84. The number of hydrogen-bond acceptors (Lipinski definition) is 5. The van der Waals surface area contributed by atoms with Gasteiger partial charge in [0.2, 0.25) is 5.91 Å². The highest BCUT2D eigenvalue weighted by molar-refractivity contribution is 5.90. The second kappa shape index (κ2) is 7.17. The van der Waals surface area contributed by atoms with Crippen LogP contribution >= 0.6 is 0 Å². The number of carbonyl (C=O) groups is 1. The molecule has 2 aromatic heterocycles. The highest BCUT2D eigenvalue weighted by atomic mass is 16.5. The van der Waals surface area contributed by atoms with E-state index in [1.807, 2.05) is 10.8 Å². The molecule has 0 spiro atoms. The van der Waals surface area contributed by atoms with Crippen LogP contribution in [0, 0.1) is 0 Å². The summed E-state index contributed by atoms with van der Waals surface area (Å²) in [5.74, 6) is 0.548. The van der Waals surface area contributed by atoms with Crippen molar-refractivity contribution in [3.05, 3.63) is 61.4 Å². The van der Waals surface area contributed by atoms with Crippen LogP contribution in [0.2, 0.25) is 0 Å². The molecule has 0 saturated heterocycles. The van der Waals surface area contributed by atoms with E-state index >= 15 is 0 Å². The Kier molecular flexibility index (Phi) is 4.58. The number of hydrogen-bond donors (Lipinski definition) is 1. The predicted octanol–water partition coefficient (Wildman–Crippen LogP) is 2.49. The van der Waals surface area contributed by atoms with Crippen LogP contribution in [-0.2, 0) is 11.3 Å². The number of rotatable bonds is 6. The van der Waals surface area contributed by atoms with Crippen LogP contribution in [0.25, 0.3) is 0 Å². The van der Waals surface area contributed by atoms with Crippen molar-refractivity contribution in [1.29, 1.82) is 0 Å². The van der Waals surface area contributed by atoms with Crippen molar-refractivity contribution in [2.75, 3.05) is 5.32 Å². The van der Waals surface area contributed by atoms with E-state index in [9.17, 15) is 4.79 Å². The molecule has 0 saturated carbocycles. The number of anilines is 1. The third kappa shape index (κ3) is 4.37. The van der Waals surface area contributed by atoms with Gasteiger partial charge in [-0.25, -0.2) is 15.0 Å². The van der Waals surface area contributed by atoms with Crippen LogP contribution < -0.4 is 10.1 Å². The van der Waals surface area contributed by atoms with Gasteiger partial charge in [0, 0.05) is 43.4 Å². The average molecular weight is 309 g/mol. The highest BCUT2D eigenvalue weighted by Crippen LogP contribution is 2.19. The first-order valence-electron chi connectivity index (χ1n) is 7.10. The summed E-state index contributed by atoms with van der Waals surface area (Å²) in [5.41, 5.74) is 0.710. The Morgan fingerprint density at radius 1 is 1.13 bits per heavy atom. The van der Waals surface area contributed by atoms with Gasteiger partial charge in [0.25, 0.3) is 0 Å². The molecule has 3 rings (SSSR count). The Morgan fingerprint density at radius 2 is 1.91 bits per heavy atom. The quantitative estimate of drug-likeness (QED) is 0.756. The Labute approximate surface area is 133 Å². The number of carbonyl (C=O) groups excluding carboxylic acids is 1. The molecule has 0 aliphatic rings. The van der Waals surface area contributed by atoms with E-state index in [0.29, 0.717) is 24.4 Å². The molecule has 3 aromatic rings. The zero-order valence-electron chi connectivity index (χ0n) is 12.3. The molecule has 7 heteroatoms. The minimum Gasteiger partial charge on any atom is -0.424 e. The van der Waals surface area contributed by atoms with Crippen molar-refractivity contribution >= 4 is 11.6 Å². The Hall–Kier alpha value is -3.22. The zero-order chi connectivity index (χ0) is 15.9. The molecular formula is C16H15N5O2. The zero-order valence-corrected chi connectivity index (χ0v) is 12.3. The molecule has 0 aliphatic carbocycles. The van der Waals surface area contributed by atoms with Gasteiger partial charge in [-0.1, -0.05) is 0 Å². The lowest BCUT2D eigenvalue weighted by molar-refractivity contribution is -0.116. The maximum absolute atomic E-state index is 11.9. The first-order chi connectivity index (χ1) is 11.3. The molecule has 0 bridgehead atoms. The highest BCUT2D eigenvalue weighted by Gasteiger charge is 2.04. The molecule has 0 unspecified atom stereocenters. The van der Waals surface area contributed by atoms with Crippen LogP contribution in [0.4, 0.5) is 5.69 Å².